The minimum atomic E-state index is -0.253. The lowest BCUT2D eigenvalue weighted by molar-refractivity contribution is -0.0571. The average molecular weight is 338 g/mol. The van der Waals surface area contributed by atoms with Crippen molar-refractivity contribution >= 4 is 17.4 Å². The highest BCUT2D eigenvalue weighted by molar-refractivity contribution is 5.97. The molecule has 0 aliphatic carbocycles. The van der Waals surface area contributed by atoms with E-state index in [0.29, 0.717) is 19.8 Å². The Morgan fingerprint density at radius 2 is 1.92 bits per heavy atom. The SMILES string of the molecule is CC1(NC(=O)N2CCN(Cc3ccccn3)c3ccccc32)COC1. The molecule has 6 heteroatoms. The molecule has 0 spiro atoms. The molecule has 0 bridgehead atoms. The van der Waals surface area contributed by atoms with Crippen molar-refractivity contribution < 1.29 is 9.53 Å². The van der Waals surface area contributed by atoms with E-state index in [1.54, 1.807) is 0 Å². The summed E-state index contributed by atoms with van der Waals surface area (Å²) in [5, 5.41) is 3.10. The number of benzene rings is 1. The third-order valence-electron chi connectivity index (χ3n) is 4.68. The lowest BCUT2D eigenvalue weighted by Gasteiger charge is -2.42. The molecular weight excluding hydrogens is 316 g/mol. The Bertz CT molecular complexity index is 761. The first-order chi connectivity index (χ1) is 12.1. The van der Waals surface area contributed by atoms with Crippen molar-refractivity contribution in [3.63, 3.8) is 0 Å². The Morgan fingerprint density at radius 3 is 2.60 bits per heavy atom. The molecule has 1 N–H and O–H groups in total. The van der Waals surface area contributed by atoms with Crippen LogP contribution in [0.1, 0.15) is 12.6 Å². The van der Waals surface area contributed by atoms with E-state index in [2.05, 4.69) is 21.3 Å². The Labute approximate surface area is 147 Å². The molecule has 3 heterocycles. The van der Waals surface area contributed by atoms with E-state index in [4.69, 9.17) is 4.74 Å². The van der Waals surface area contributed by atoms with Gasteiger partial charge in [0.25, 0.3) is 0 Å². The van der Waals surface area contributed by atoms with Gasteiger partial charge in [0, 0.05) is 19.3 Å². The van der Waals surface area contributed by atoms with Crippen LogP contribution in [0.2, 0.25) is 0 Å². The summed E-state index contributed by atoms with van der Waals surface area (Å²) in [4.78, 5) is 21.3. The molecule has 1 saturated heterocycles. The standard InChI is InChI=1S/C19H22N4O2/c1-19(13-25-14-19)21-18(24)23-11-10-22(12-15-6-4-5-9-20-15)16-7-2-3-8-17(16)23/h2-9H,10-14H2,1H3,(H,21,24). The number of rotatable bonds is 3. The second-order valence-corrected chi connectivity index (χ2v) is 6.87. The van der Waals surface area contributed by atoms with E-state index >= 15 is 0 Å². The second-order valence-electron chi connectivity index (χ2n) is 6.87. The number of aromatic nitrogens is 1. The minimum Gasteiger partial charge on any atom is -0.376 e. The van der Waals surface area contributed by atoms with Crippen molar-refractivity contribution in [1.29, 1.82) is 0 Å². The number of amides is 2. The molecule has 0 atom stereocenters. The number of pyridine rings is 1. The number of carbonyl (C=O) groups is 1. The number of anilines is 2. The van der Waals surface area contributed by atoms with Crippen LogP contribution in [0.3, 0.4) is 0 Å². The van der Waals surface area contributed by atoms with E-state index < -0.39 is 0 Å². The molecule has 1 fully saturated rings. The number of carbonyl (C=O) groups excluding carboxylic acids is 1. The summed E-state index contributed by atoms with van der Waals surface area (Å²) < 4.78 is 5.23. The van der Waals surface area contributed by atoms with Crippen LogP contribution in [-0.4, -0.2) is 42.9 Å². The Kier molecular flexibility index (Phi) is 4.05. The van der Waals surface area contributed by atoms with Gasteiger partial charge in [-0.3, -0.25) is 9.88 Å². The topological polar surface area (TPSA) is 57.7 Å². The third kappa shape index (κ3) is 3.17. The molecule has 0 unspecified atom stereocenters. The molecule has 1 aromatic carbocycles. The number of para-hydroxylation sites is 2. The van der Waals surface area contributed by atoms with Gasteiger partial charge in [-0.15, -0.1) is 0 Å². The highest BCUT2D eigenvalue weighted by Gasteiger charge is 2.37. The molecule has 0 radical (unpaired) electrons. The fraction of sp³-hybridized carbons (Fsp3) is 0.368. The zero-order valence-electron chi connectivity index (χ0n) is 14.3. The molecular formula is C19H22N4O2. The monoisotopic (exact) mass is 338 g/mol. The predicted molar refractivity (Wildman–Crippen MR) is 96.8 cm³/mol. The largest absolute Gasteiger partial charge is 0.376 e. The third-order valence-corrected chi connectivity index (χ3v) is 4.68. The first-order valence-corrected chi connectivity index (χ1v) is 8.56. The van der Waals surface area contributed by atoms with Gasteiger partial charge in [0.2, 0.25) is 0 Å². The van der Waals surface area contributed by atoms with Crippen molar-refractivity contribution in [2.24, 2.45) is 0 Å². The normalized spacial score (nSPS) is 18.3. The molecule has 4 rings (SSSR count). The van der Waals surface area contributed by atoms with E-state index in [0.717, 1.165) is 30.2 Å². The number of hydrogen-bond donors (Lipinski definition) is 1. The maximum absolute atomic E-state index is 12.8. The Morgan fingerprint density at radius 1 is 1.16 bits per heavy atom. The number of nitrogens with one attached hydrogen (secondary N) is 1. The molecule has 6 nitrogen and oxygen atoms in total. The van der Waals surface area contributed by atoms with Crippen molar-refractivity contribution in [2.75, 3.05) is 36.1 Å². The molecule has 1 aromatic heterocycles. The van der Waals surface area contributed by atoms with Gasteiger partial charge >= 0.3 is 6.03 Å². The van der Waals surface area contributed by atoms with Gasteiger partial charge in [-0.2, -0.15) is 0 Å². The fourth-order valence-electron chi connectivity index (χ4n) is 3.29. The molecule has 2 amide bonds. The van der Waals surface area contributed by atoms with Crippen LogP contribution in [0.15, 0.2) is 48.7 Å². The van der Waals surface area contributed by atoms with Crippen LogP contribution in [0, 0.1) is 0 Å². The summed E-state index contributed by atoms with van der Waals surface area (Å²) in [5.41, 5.74) is 2.77. The van der Waals surface area contributed by atoms with Gasteiger partial charge < -0.3 is 15.0 Å². The first-order valence-electron chi connectivity index (χ1n) is 8.56. The number of hydrogen-bond acceptors (Lipinski definition) is 4. The van der Waals surface area contributed by atoms with Crippen LogP contribution in [0.4, 0.5) is 16.2 Å². The quantitative estimate of drug-likeness (QED) is 0.934. The predicted octanol–water partition coefficient (Wildman–Crippen LogP) is 2.41. The van der Waals surface area contributed by atoms with Crippen LogP contribution >= 0.6 is 0 Å². The van der Waals surface area contributed by atoms with Gasteiger partial charge in [0.05, 0.1) is 42.4 Å². The second kappa shape index (κ2) is 6.37. The first kappa shape index (κ1) is 15.9. The van der Waals surface area contributed by atoms with Gasteiger partial charge in [0.15, 0.2) is 0 Å². The minimum absolute atomic E-state index is 0.0595. The number of ether oxygens (including phenoxy) is 1. The maximum Gasteiger partial charge on any atom is 0.322 e. The summed E-state index contributed by atoms with van der Waals surface area (Å²) in [6.45, 7) is 5.30. The number of nitrogens with zero attached hydrogens (tertiary/aromatic N) is 3. The average Bonchev–Trinajstić information content (AvgIpc) is 2.61. The van der Waals surface area contributed by atoms with Crippen LogP contribution in [0.25, 0.3) is 0 Å². The Balaban J connectivity index is 1.55. The van der Waals surface area contributed by atoms with Crippen molar-refractivity contribution in [3.05, 3.63) is 54.4 Å². The number of fused-ring (bicyclic) bond motifs is 1. The zero-order valence-corrected chi connectivity index (χ0v) is 14.3. The molecule has 2 aliphatic heterocycles. The van der Waals surface area contributed by atoms with Gasteiger partial charge in [-0.25, -0.2) is 4.79 Å². The lowest BCUT2D eigenvalue weighted by Crippen LogP contribution is -2.63. The molecule has 25 heavy (non-hydrogen) atoms. The van der Waals surface area contributed by atoms with Gasteiger partial charge in [0.1, 0.15) is 0 Å². The van der Waals surface area contributed by atoms with Crippen LogP contribution < -0.4 is 15.1 Å². The lowest BCUT2D eigenvalue weighted by atomic mass is 10.0. The molecule has 130 valence electrons. The Hall–Kier alpha value is -2.60. The van der Waals surface area contributed by atoms with Crippen molar-refractivity contribution in [3.8, 4) is 0 Å². The van der Waals surface area contributed by atoms with Crippen molar-refractivity contribution in [1.82, 2.24) is 10.3 Å². The molecule has 0 saturated carbocycles. The summed E-state index contributed by atoms with van der Waals surface area (Å²) in [7, 11) is 0. The fourth-order valence-corrected chi connectivity index (χ4v) is 3.29. The van der Waals surface area contributed by atoms with E-state index in [-0.39, 0.29) is 11.6 Å². The van der Waals surface area contributed by atoms with Gasteiger partial charge in [-0.05, 0) is 31.2 Å². The summed E-state index contributed by atoms with van der Waals surface area (Å²) in [5.74, 6) is 0. The van der Waals surface area contributed by atoms with Gasteiger partial charge in [-0.1, -0.05) is 18.2 Å². The van der Waals surface area contributed by atoms with E-state index in [1.807, 2.05) is 54.4 Å². The maximum atomic E-state index is 12.8. The summed E-state index contributed by atoms with van der Waals surface area (Å²) in [6.07, 6.45) is 1.81. The van der Waals surface area contributed by atoms with Crippen molar-refractivity contribution in [2.45, 2.75) is 19.0 Å². The highest BCUT2D eigenvalue weighted by Crippen LogP contribution is 2.34. The number of urea groups is 1. The zero-order chi connectivity index (χ0) is 17.3. The van der Waals surface area contributed by atoms with E-state index in [9.17, 15) is 4.79 Å². The summed E-state index contributed by atoms with van der Waals surface area (Å²) >= 11 is 0. The molecule has 2 aliphatic rings. The smallest absolute Gasteiger partial charge is 0.322 e. The highest BCUT2D eigenvalue weighted by atomic mass is 16.5. The van der Waals surface area contributed by atoms with Crippen LogP contribution in [0.5, 0.6) is 0 Å². The van der Waals surface area contributed by atoms with E-state index in [1.165, 1.54) is 0 Å². The van der Waals surface area contributed by atoms with Crippen LogP contribution in [-0.2, 0) is 11.3 Å². The molecule has 2 aromatic rings. The summed E-state index contributed by atoms with van der Waals surface area (Å²) in [6, 6.07) is 13.9.